The Morgan fingerprint density at radius 2 is 1.39 bits per heavy atom. The number of halogens is 4. The first-order valence-electron chi connectivity index (χ1n) is 4.94. The van der Waals surface area contributed by atoms with E-state index in [2.05, 4.69) is 15.9 Å². The van der Waals surface area contributed by atoms with E-state index >= 15 is 0 Å². The average molecular weight is 315 g/mol. The molecule has 2 aromatic carbocycles. The molecule has 2 aromatic rings. The third-order valence-corrected chi connectivity index (χ3v) is 2.88. The summed E-state index contributed by atoms with van der Waals surface area (Å²) in [6, 6.07) is 7.63. The fourth-order valence-corrected chi connectivity index (χ4v) is 1.72. The van der Waals surface area contributed by atoms with Crippen molar-refractivity contribution in [1.29, 1.82) is 0 Å². The van der Waals surface area contributed by atoms with Gasteiger partial charge in [0.2, 0.25) is 0 Å². The van der Waals surface area contributed by atoms with E-state index in [0.29, 0.717) is 12.1 Å². The third-order valence-electron chi connectivity index (χ3n) is 2.35. The molecule has 0 fully saturated rings. The fourth-order valence-electron chi connectivity index (χ4n) is 1.45. The largest absolute Gasteiger partial charge is 0.289 e. The van der Waals surface area contributed by atoms with E-state index in [1.54, 1.807) is 12.1 Å². The lowest BCUT2D eigenvalue weighted by Gasteiger charge is -2.03. The number of hydrogen-bond acceptors (Lipinski definition) is 1. The van der Waals surface area contributed by atoms with E-state index < -0.39 is 23.2 Å². The maximum Gasteiger partial charge on any atom is 0.194 e. The van der Waals surface area contributed by atoms with Crippen LogP contribution in [-0.2, 0) is 0 Å². The molecule has 0 radical (unpaired) electrons. The van der Waals surface area contributed by atoms with E-state index in [9.17, 15) is 18.0 Å². The minimum absolute atomic E-state index is 0.228. The molecule has 0 unspecified atom stereocenters. The molecule has 18 heavy (non-hydrogen) atoms. The highest BCUT2D eigenvalue weighted by atomic mass is 79.9. The smallest absolute Gasteiger partial charge is 0.194 e. The van der Waals surface area contributed by atoms with Gasteiger partial charge in [0.1, 0.15) is 0 Å². The molecule has 0 atom stereocenters. The lowest BCUT2D eigenvalue weighted by molar-refractivity contribution is 0.103. The summed E-state index contributed by atoms with van der Waals surface area (Å²) in [4.78, 5) is 11.9. The van der Waals surface area contributed by atoms with Gasteiger partial charge in [-0.05, 0) is 36.4 Å². The molecule has 92 valence electrons. The summed E-state index contributed by atoms with van der Waals surface area (Å²) in [5.74, 6) is -4.91. The second-order valence-electron chi connectivity index (χ2n) is 3.59. The summed E-state index contributed by atoms with van der Waals surface area (Å²) in [6.07, 6.45) is 0. The minimum atomic E-state index is -1.58. The first-order chi connectivity index (χ1) is 8.49. The molecule has 0 amide bonds. The third kappa shape index (κ3) is 2.46. The van der Waals surface area contributed by atoms with Crippen LogP contribution in [0.5, 0.6) is 0 Å². The van der Waals surface area contributed by atoms with Crippen LogP contribution in [0.3, 0.4) is 0 Å². The molecule has 0 aliphatic heterocycles. The number of carbonyl (C=O) groups excluding carboxylic acids is 1. The van der Waals surface area contributed by atoms with Gasteiger partial charge in [0, 0.05) is 15.6 Å². The Labute approximate surface area is 109 Å². The van der Waals surface area contributed by atoms with E-state index in [4.69, 9.17) is 0 Å². The van der Waals surface area contributed by atoms with Crippen molar-refractivity contribution in [2.45, 2.75) is 0 Å². The maximum absolute atomic E-state index is 13.0. The van der Waals surface area contributed by atoms with Gasteiger partial charge < -0.3 is 0 Å². The first-order valence-corrected chi connectivity index (χ1v) is 5.73. The second-order valence-corrected chi connectivity index (χ2v) is 4.51. The Hall–Kier alpha value is -1.62. The normalized spacial score (nSPS) is 10.4. The Morgan fingerprint density at radius 1 is 0.889 bits per heavy atom. The second kappa shape index (κ2) is 4.94. The van der Waals surface area contributed by atoms with Crippen molar-refractivity contribution in [3.63, 3.8) is 0 Å². The number of benzene rings is 2. The summed E-state index contributed by atoms with van der Waals surface area (Å²) in [6.45, 7) is 0. The van der Waals surface area contributed by atoms with Gasteiger partial charge in [-0.15, -0.1) is 0 Å². The van der Waals surface area contributed by atoms with Gasteiger partial charge in [-0.3, -0.25) is 4.79 Å². The SMILES string of the molecule is O=C(c1ccc(Br)cc1)c1cc(F)c(F)c(F)c1. The quantitative estimate of drug-likeness (QED) is 0.602. The molecule has 0 aliphatic rings. The van der Waals surface area contributed by atoms with E-state index in [1.807, 2.05) is 0 Å². The van der Waals surface area contributed by atoms with Crippen molar-refractivity contribution < 1.29 is 18.0 Å². The predicted octanol–water partition coefficient (Wildman–Crippen LogP) is 4.10. The Morgan fingerprint density at radius 3 is 1.89 bits per heavy atom. The van der Waals surface area contributed by atoms with E-state index in [1.165, 1.54) is 12.1 Å². The van der Waals surface area contributed by atoms with Gasteiger partial charge in [-0.2, -0.15) is 0 Å². The van der Waals surface area contributed by atoms with Crippen molar-refractivity contribution in [3.8, 4) is 0 Å². The molecule has 0 aromatic heterocycles. The van der Waals surface area contributed by atoms with Crippen LogP contribution in [0, 0.1) is 17.5 Å². The standard InChI is InChI=1S/C13H6BrF3O/c14-9-3-1-7(2-4-9)13(18)8-5-10(15)12(17)11(16)6-8/h1-6H. The molecule has 0 bridgehead atoms. The van der Waals surface area contributed by atoms with E-state index in [-0.39, 0.29) is 11.1 Å². The lowest BCUT2D eigenvalue weighted by Crippen LogP contribution is -2.04. The van der Waals surface area contributed by atoms with Crippen LogP contribution < -0.4 is 0 Å². The van der Waals surface area contributed by atoms with Crippen molar-refractivity contribution in [2.24, 2.45) is 0 Å². The van der Waals surface area contributed by atoms with E-state index in [0.717, 1.165) is 4.47 Å². The molecular formula is C13H6BrF3O. The van der Waals surface area contributed by atoms with Crippen molar-refractivity contribution in [1.82, 2.24) is 0 Å². The summed E-state index contributed by atoms with van der Waals surface area (Å²) < 4.78 is 39.5. The van der Waals surface area contributed by atoms with Crippen molar-refractivity contribution >= 4 is 21.7 Å². The predicted molar refractivity (Wildman–Crippen MR) is 63.9 cm³/mol. The lowest BCUT2D eigenvalue weighted by atomic mass is 10.0. The topological polar surface area (TPSA) is 17.1 Å². The molecule has 0 saturated heterocycles. The highest BCUT2D eigenvalue weighted by Crippen LogP contribution is 2.18. The van der Waals surface area contributed by atoms with Crippen molar-refractivity contribution in [2.75, 3.05) is 0 Å². The summed E-state index contributed by atoms with van der Waals surface area (Å²) >= 11 is 3.20. The zero-order valence-electron chi connectivity index (χ0n) is 8.88. The zero-order chi connectivity index (χ0) is 13.3. The molecule has 0 spiro atoms. The van der Waals surface area contributed by atoms with Crippen LogP contribution >= 0.6 is 15.9 Å². The van der Waals surface area contributed by atoms with Gasteiger partial charge in [0.15, 0.2) is 23.2 Å². The highest BCUT2D eigenvalue weighted by molar-refractivity contribution is 9.10. The summed E-state index contributed by atoms with van der Waals surface area (Å²) in [5, 5.41) is 0. The Balaban J connectivity index is 2.43. The van der Waals surface area contributed by atoms with Crippen LogP contribution in [0.25, 0.3) is 0 Å². The van der Waals surface area contributed by atoms with Crippen LogP contribution in [-0.4, -0.2) is 5.78 Å². The number of ketones is 1. The van der Waals surface area contributed by atoms with Crippen LogP contribution in [0.4, 0.5) is 13.2 Å². The van der Waals surface area contributed by atoms with Crippen LogP contribution in [0.15, 0.2) is 40.9 Å². The monoisotopic (exact) mass is 314 g/mol. The van der Waals surface area contributed by atoms with Gasteiger partial charge in [-0.1, -0.05) is 15.9 Å². The van der Waals surface area contributed by atoms with Gasteiger partial charge >= 0.3 is 0 Å². The molecular weight excluding hydrogens is 309 g/mol. The van der Waals surface area contributed by atoms with Gasteiger partial charge in [-0.25, -0.2) is 13.2 Å². The molecule has 5 heteroatoms. The first kappa shape index (κ1) is 12.8. The average Bonchev–Trinajstić information content (AvgIpc) is 2.35. The molecule has 0 N–H and O–H groups in total. The molecule has 0 saturated carbocycles. The van der Waals surface area contributed by atoms with Crippen molar-refractivity contribution in [3.05, 3.63) is 69.4 Å². The zero-order valence-corrected chi connectivity index (χ0v) is 10.5. The Bertz CT molecular complexity index is 585. The van der Waals surface area contributed by atoms with Crippen LogP contribution in [0.2, 0.25) is 0 Å². The Kier molecular flexibility index (Phi) is 3.52. The molecule has 2 rings (SSSR count). The molecule has 0 heterocycles. The van der Waals surface area contributed by atoms with Gasteiger partial charge in [0.25, 0.3) is 0 Å². The molecule has 0 aliphatic carbocycles. The number of carbonyl (C=O) groups is 1. The molecule has 1 nitrogen and oxygen atoms in total. The van der Waals surface area contributed by atoms with Crippen LogP contribution in [0.1, 0.15) is 15.9 Å². The maximum atomic E-state index is 13.0. The number of hydrogen-bond donors (Lipinski definition) is 0. The number of rotatable bonds is 2. The highest BCUT2D eigenvalue weighted by Gasteiger charge is 2.16. The minimum Gasteiger partial charge on any atom is -0.289 e. The summed E-state index contributed by atoms with van der Waals surface area (Å²) in [5.41, 5.74) is 0.0392. The van der Waals surface area contributed by atoms with Gasteiger partial charge in [0.05, 0.1) is 0 Å². The summed E-state index contributed by atoms with van der Waals surface area (Å²) in [7, 11) is 0. The fraction of sp³-hybridized carbons (Fsp3) is 0.